The Bertz CT molecular complexity index is 847. The number of carbonyl (C=O) groups excluding carboxylic acids is 2. The molecular weight excluding hydrogens is 324 g/mol. The lowest BCUT2D eigenvalue weighted by molar-refractivity contribution is -0.136. The minimum atomic E-state index is -0.0902. The lowest BCUT2D eigenvalue weighted by Gasteiger charge is -2.30. The van der Waals surface area contributed by atoms with Crippen LogP contribution < -0.4 is 5.32 Å². The summed E-state index contributed by atoms with van der Waals surface area (Å²) in [6, 6.07) is 1.75. The fraction of sp³-hybridized carbons (Fsp3) is 0.529. The molecule has 8 heteroatoms. The maximum Gasteiger partial charge on any atom is 0.258 e. The van der Waals surface area contributed by atoms with Crippen LogP contribution in [-0.2, 0) is 9.53 Å². The number of ether oxygens (including phenoxy) is 1. The Morgan fingerprint density at radius 3 is 2.96 bits per heavy atom. The van der Waals surface area contributed by atoms with E-state index in [-0.39, 0.29) is 30.6 Å². The lowest BCUT2D eigenvalue weighted by Crippen LogP contribution is -2.51. The molecule has 2 saturated heterocycles. The van der Waals surface area contributed by atoms with Crippen molar-refractivity contribution in [2.45, 2.75) is 38.8 Å². The summed E-state index contributed by atoms with van der Waals surface area (Å²) in [6.07, 6.45) is 1.34. The van der Waals surface area contributed by atoms with Gasteiger partial charge in [0.25, 0.3) is 11.6 Å². The highest BCUT2D eigenvalue weighted by Crippen LogP contribution is 2.25. The number of hydrogen-bond donors (Lipinski definition) is 1. The normalized spacial score (nSPS) is 23.9. The Morgan fingerprint density at radius 2 is 2.12 bits per heavy atom. The van der Waals surface area contributed by atoms with Crippen LogP contribution in [0.3, 0.4) is 0 Å². The maximum absolute atomic E-state index is 13.1. The molecule has 1 N–H and O–H groups in total. The number of amides is 2. The molecule has 2 fully saturated rings. The molecule has 0 bridgehead atoms. The molecule has 25 heavy (non-hydrogen) atoms. The van der Waals surface area contributed by atoms with Crippen molar-refractivity contribution in [2.75, 3.05) is 19.7 Å². The Morgan fingerprint density at radius 1 is 1.32 bits per heavy atom. The third-order valence-corrected chi connectivity index (χ3v) is 4.88. The molecule has 2 aliphatic heterocycles. The molecule has 2 aliphatic rings. The molecule has 0 radical (unpaired) electrons. The average Bonchev–Trinajstić information content (AvgIpc) is 2.83. The third kappa shape index (κ3) is 2.86. The fourth-order valence-corrected chi connectivity index (χ4v) is 3.63. The summed E-state index contributed by atoms with van der Waals surface area (Å²) in [5.41, 5.74) is 2.33. The summed E-state index contributed by atoms with van der Waals surface area (Å²) in [4.78, 5) is 30.8. The summed E-state index contributed by atoms with van der Waals surface area (Å²) >= 11 is 0. The van der Waals surface area contributed by atoms with Crippen LogP contribution in [0.4, 0.5) is 0 Å². The van der Waals surface area contributed by atoms with Gasteiger partial charge in [0, 0.05) is 18.8 Å². The van der Waals surface area contributed by atoms with Crippen molar-refractivity contribution in [3.8, 4) is 0 Å². The van der Waals surface area contributed by atoms with Gasteiger partial charge in [-0.3, -0.25) is 9.59 Å². The van der Waals surface area contributed by atoms with E-state index < -0.39 is 0 Å². The van der Waals surface area contributed by atoms with E-state index in [1.807, 2.05) is 11.8 Å². The number of nitrogens with zero attached hydrogens (tertiary/aromatic N) is 3. The van der Waals surface area contributed by atoms with E-state index in [0.29, 0.717) is 54.0 Å². The Hall–Kier alpha value is -2.48. The number of likely N-dealkylation sites (tertiary alicyclic amines) is 1. The molecule has 0 aromatic carbocycles. The summed E-state index contributed by atoms with van der Waals surface area (Å²) < 4.78 is 10.8. The van der Waals surface area contributed by atoms with E-state index in [4.69, 9.17) is 9.26 Å². The van der Waals surface area contributed by atoms with E-state index in [0.717, 1.165) is 0 Å². The molecule has 0 aliphatic carbocycles. The van der Waals surface area contributed by atoms with Gasteiger partial charge in [-0.1, -0.05) is 5.16 Å². The first-order chi connectivity index (χ1) is 12.0. The predicted octanol–water partition coefficient (Wildman–Crippen LogP) is 0.959. The summed E-state index contributed by atoms with van der Waals surface area (Å²) in [7, 11) is 0. The zero-order chi connectivity index (χ0) is 17.6. The smallest absolute Gasteiger partial charge is 0.258 e. The number of carbonyl (C=O) groups is 2. The molecule has 2 aromatic rings. The molecule has 0 saturated carbocycles. The van der Waals surface area contributed by atoms with Crippen LogP contribution in [0.2, 0.25) is 0 Å². The van der Waals surface area contributed by atoms with Crippen molar-refractivity contribution in [1.29, 1.82) is 0 Å². The van der Waals surface area contributed by atoms with E-state index >= 15 is 0 Å². The molecule has 2 aromatic heterocycles. The molecular formula is C17H20N4O4. The third-order valence-electron chi connectivity index (χ3n) is 4.88. The molecule has 2 atom stereocenters. The molecule has 0 unspecified atom stereocenters. The van der Waals surface area contributed by atoms with Crippen molar-refractivity contribution in [3.05, 3.63) is 23.0 Å². The summed E-state index contributed by atoms with van der Waals surface area (Å²) in [5, 5.41) is 7.57. The molecule has 4 heterocycles. The first-order valence-corrected chi connectivity index (χ1v) is 8.47. The van der Waals surface area contributed by atoms with E-state index in [1.165, 1.54) is 0 Å². The molecule has 0 spiro atoms. The molecule has 2 amide bonds. The van der Waals surface area contributed by atoms with Crippen LogP contribution >= 0.6 is 0 Å². The van der Waals surface area contributed by atoms with Crippen LogP contribution in [0.15, 0.2) is 10.6 Å². The number of morpholine rings is 1. The van der Waals surface area contributed by atoms with E-state index in [1.54, 1.807) is 13.0 Å². The maximum atomic E-state index is 13.1. The Kier molecular flexibility index (Phi) is 3.91. The second-order valence-corrected chi connectivity index (χ2v) is 6.65. The van der Waals surface area contributed by atoms with Crippen molar-refractivity contribution in [3.63, 3.8) is 0 Å². The van der Waals surface area contributed by atoms with Gasteiger partial charge in [-0.25, -0.2) is 4.98 Å². The van der Waals surface area contributed by atoms with Gasteiger partial charge in [0.2, 0.25) is 5.91 Å². The van der Waals surface area contributed by atoms with Gasteiger partial charge in [0.05, 0.1) is 28.8 Å². The average molecular weight is 344 g/mol. The minimum absolute atomic E-state index is 0.0319. The van der Waals surface area contributed by atoms with Gasteiger partial charge in [0.1, 0.15) is 6.61 Å². The predicted molar refractivity (Wildman–Crippen MR) is 88.1 cm³/mol. The second kappa shape index (κ2) is 6.11. The SMILES string of the molecule is Cc1cc(C(=O)N2CC[C@@H]3NC(=O)CO[C@H]3CC2)c2c(C)noc2n1. The van der Waals surface area contributed by atoms with E-state index in [9.17, 15) is 9.59 Å². The topological polar surface area (TPSA) is 97.6 Å². The molecule has 4 rings (SSSR count). The lowest BCUT2D eigenvalue weighted by atomic mass is 10.0. The van der Waals surface area contributed by atoms with Crippen molar-refractivity contribution in [2.24, 2.45) is 0 Å². The van der Waals surface area contributed by atoms with Gasteiger partial charge in [-0.2, -0.15) is 0 Å². The van der Waals surface area contributed by atoms with Gasteiger partial charge in [-0.05, 0) is 32.8 Å². The Balaban J connectivity index is 1.61. The van der Waals surface area contributed by atoms with Crippen molar-refractivity contribution >= 4 is 22.9 Å². The van der Waals surface area contributed by atoms with Gasteiger partial charge >= 0.3 is 0 Å². The van der Waals surface area contributed by atoms with Gasteiger partial charge < -0.3 is 19.5 Å². The number of pyridine rings is 1. The highest BCUT2D eigenvalue weighted by Gasteiger charge is 2.34. The number of aryl methyl sites for hydroxylation is 2. The van der Waals surface area contributed by atoms with Crippen LogP contribution in [-0.4, -0.2) is 58.7 Å². The van der Waals surface area contributed by atoms with E-state index in [2.05, 4.69) is 15.5 Å². The Labute approximate surface area is 144 Å². The quantitative estimate of drug-likeness (QED) is 0.827. The van der Waals surface area contributed by atoms with Crippen molar-refractivity contribution in [1.82, 2.24) is 20.4 Å². The van der Waals surface area contributed by atoms with Crippen molar-refractivity contribution < 1.29 is 18.8 Å². The van der Waals surface area contributed by atoms with Crippen LogP contribution in [0.1, 0.15) is 34.6 Å². The summed E-state index contributed by atoms with van der Waals surface area (Å²) in [5.74, 6) is -0.153. The number of rotatable bonds is 1. The minimum Gasteiger partial charge on any atom is -0.366 e. The fourth-order valence-electron chi connectivity index (χ4n) is 3.63. The number of aromatic nitrogens is 2. The van der Waals surface area contributed by atoms with Gasteiger partial charge in [-0.15, -0.1) is 0 Å². The number of fused-ring (bicyclic) bond motifs is 2. The first-order valence-electron chi connectivity index (χ1n) is 8.47. The van der Waals surface area contributed by atoms with Gasteiger partial charge in [0.15, 0.2) is 0 Å². The molecule has 132 valence electrons. The number of nitrogens with one attached hydrogen (secondary N) is 1. The highest BCUT2D eigenvalue weighted by atomic mass is 16.5. The highest BCUT2D eigenvalue weighted by molar-refractivity contribution is 6.06. The number of hydrogen-bond acceptors (Lipinski definition) is 6. The van der Waals surface area contributed by atoms with Crippen LogP contribution in [0.5, 0.6) is 0 Å². The largest absolute Gasteiger partial charge is 0.366 e. The summed E-state index contributed by atoms with van der Waals surface area (Å²) in [6.45, 7) is 4.88. The second-order valence-electron chi connectivity index (χ2n) is 6.65. The van der Waals surface area contributed by atoms with Crippen LogP contribution in [0.25, 0.3) is 11.1 Å². The standard InChI is InChI=1S/C17H20N4O4/c1-9-7-11(15-10(2)20-25-16(15)18-9)17(23)21-5-3-12-13(4-6-21)24-8-14(22)19-12/h7,12-13H,3-6,8H2,1-2H3,(H,19,22)/t12-,13-/m0/s1. The zero-order valence-electron chi connectivity index (χ0n) is 14.2. The first kappa shape index (κ1) is 16.0. The van der Waals surface area contributed by atoms with Crippen LogP contribution in [0, 0.1) is 13.8 Å². The zero-order valence-corrected chi connectivity index (χ0v) is 14.2. The molecule has 8 nitrogen and oxygen atoms in total. The monoisotopic (exact) mass is 344 g/mol.